The molecule has 0 fully saturated rings. The van der Waals surface area contributed by atoms with E-state index in [9.17, 15) is 0 Å². The Kier molecular flexibility index (Phi) is 3.88. The molecule has 0 aromatic carbocycles. The summed E-state index contributed by atoms with van der Waals surface area (Å²) in [5, 5.41) is 7.45. The van der Waals surface area contributed by atoms with E-state index in [0.717, 1.165) is 12.1 Å². The van der Waals surface area contributed by atoms with Gasteiger partial charge in [0.2, 0.25) is 0 Å². The fourth-order valence-corrected chi connectivity index (χ4v) is 2.30. The number of nitrogens with one attached hydrogen (secondary N) is 1. The van der Waals surface area contributed by atoms with E-state index in [4.69, 9.17) is 15.9 Å². The highest BCUT2D eigenvalue weighted by Gasteiger charge is 2.07. The van der Waals surface area contributed by atoms with Crippen molar-refractivity contribution in [1.29, 1.82) is 5.41 Å². The zero-order chi connectivity index (χ0) is 13.0. The van der Waals surface area contributed by atoms with Crippen LogP contribution in [0.4, 0.5) is 0 Å². The molecule has 18 heavy (non-hydrogen) atoms. The van der Waals surface area contributed by atoms with E-state index in [1.165, 1.54) is 4.88 Å². The average Bonchev–Trinajstić information content (AvgIpc) is 2.76. The summed E-state index contributed by atoms with van der Waals surface area (Å²) in [4.78, 5) is 9.37. The van der Waals surface area contributed by atoms with Crippen molar-refractivity contribution in [2.24, 2.45) is 5.73 Å². The molecule has 3 N–H and O–H groups in total. The molecule has 0 bridgehead atoms. The highest BCUT2D eigenvalue weighted by molar-refractivity contribution is 7.09. The highest BCUT2D eigenvalue weighted by atomic mass is 32.1. The number of thiazole rings is 1. The first-order valence-corrected chi connectivity index (χ1v) is 6.36. The van der Waals surface area contributed by atoms with Gasteiger partial charge in [-0.25, -0.2) is 4.98 Å². The lowest BCUT2D eigenvalue weighted by molar-refractivity contribution is 0.320. The van der Waals surface area contributed by atoms with Gasteiger partial charge in [-0.05, 0) is 13.0 Å². The van der Waals surface area contributed by atoms with E-state index >= 15 is 0 Å². The molecule has 0 aliphatic heterocycles. The Bertz CT molecular complexity index is 553. The minimum absolute atomic E-state index is 0.0126. The Morgan fingerprint density at radius 2 is 2.39 bits per heavy atom. The highest BCUT2D eigenvalue weighted by Crippen LogP contribution is 2.17. The van der Waals surface area contributed by atoms with Gasteiger partial charge in [-0.3, -0.25) is 10.4 Å². The molecule has 0 aliphatic rings. The van der Waals surface area contributed by atoms with E-state index < -0.39 is 0 Å². The molecule has 0 saturated heterocycles. The number of amidine groups is 1. The van der Waals surface area contributed by atoms with Crippen molar-refractivity contribution >= 4 is 17.2 Å². The largest absolute Gasteiger partial charge is 0.491 e. The summed E-state index contributed by atoms with van der Waals surface area (Å²) in [6, 6.07) is 1.68. The molecule has 0 amide bonds. The minimum atomic E-state index is -0.0126. The second kappa shape index (κ2) is 5.59. The van der Waals surface area contributed by atoms with Crippen LogP contribution in [-0.2, 0) is 6.42 Å². The number of hydrogen-bond acceptors (Lipinski definition) is 5. The molecular formula is C12H14N4OS. The number of nitrogen functional groups attached to an aromatic ring is 1. The topological polar surface area (TPSA) is 84.9 Å². The van der Waals surface area contributed by atoms with Crippen LogP contribution in [0.15, 0.2) is 24.0 Å². The minimum Gasteiger partial charge on any atom is -0.491 e. The summed E-state index contributed by atoms with van der Waals surface area (Å²) in [7, 11) is 0. The molecule has 6 heteroatoms. The maximum Gasteiger partial charge on any atom is 0.148 e. The molecule has 2 heterocycles. The van der Waals surface area contributed by atoms with Crippen molar-refractivity contribution in [1.82, 2.24) is 9.97 Å². The van der Waals surface area contributed by atoms with Gasteiger partial charge in [-0.2, -0.15) is 0 Å². The predicted molar refractivity (Wildman–Crippen MR) is 71.3 cm³/mol. The summed E-state index contributed by atoms with van der Waals surface area (Å²) < 4.78 is 5.62. The number of nitrogens with two attached hydrogens (primary N) is 1. The lowest BCUT2D eigenvalue weighted by atomic mass is 10.2. The lowest BCUT2D eigenvalue weighted by Crippen LogP contribution is -2.14. The third-order valence-corrected chi connectivity index (χ3v) is 3.50. The summed E-state index contributed by atoms with van der Waals surface area (Å²) >= 11 is 1.62. The Morgan fingerprint density at radius 3 is 3.06 bits per heavy atom. The van der Waals surface area contributed by atoms with E-state index in [2.05, 4.69) is 9.97 Å². The number of hydrogen-bond donors (Lipinski definition) is 2. The van der Waals surface area contributed by atoms with Crippen LogP contribution in [0.5, 0.6) is 5.75 Å². The monoisotopic (exact) mass is 262 g/mol. The first-order chi connectivity index (χ1) is 8.68. The predicted octanol–water partition coefficient (Wildman–Crippen LogP) is 1.75. The van der Waals surface area contributed by atoms with Crippen LogP contribution in [0, 0.1) is 12.3 Å². The van der Waals surface area contributed by atoms with Crippen LogP contribution >= 0.6 is 11.3 Å². The van der Waals surface area contributed by atoms with Crippen LogP contribution in [0.2, 0.25) is 0 Å². The molecule has 0 radical (unpaired) electrons. The quantitative estimate of drug-likeness (QED) is 0.635. The molecule has 0 spiro atoms. The van der Waals surface area contributed by atoms with Gasteiger partial charge >= 0.3 is 0 Å². The van der Waals surface area contributed by atoms with E-state index in [-0.39, 0.29) is 5.84 Å². The number of rotatable bonds is 5. The van der Waals surface area contributed by atoms with Crippen molar-refractivity contribution in [2.75, 3.05) is 6.61 Å². The normalized spacial score (nSPS) is 10.3. The van der Waals surface area contributed by atoms with Gasteiger partial charge in [0.1, 0.15) is 11.6 Å². The zero-order valence-corrected chi connectivity index (χ0v) is 10.8. The second-order valence-electron chi connectivity index (χ2n) is 3.74. The van der Waals surface area contributed by atoms with Gasteiger partial charge in [-0.1, -0.05) is 0 Å². The molecule has 2 aromatic rings. The van der Waals surface area contributed by atoms with Gasteiger partial charge in [0, 0.05) is 17.5 Å². The molecule has 0 atom stereocenters. The fraction of sp³-hybridized carbons (Fsp3) is 0.250. The lowest BCUT2D eigenvalue weighted by Gasteiger charge is -2.09. The van der Waals surface area contributed by atoms with Gasteiger partial charge in [-0.15, -0.1) is 11.3 Å². The summed E-state index contributed by atoms with van der Waals surface area (Å²) in [6.45, 7) is 2.51. The summed E-state index contributed by atoms with van der Waals surface area (Å²) in [6.07, 6.45) is 3.97. The SMILES string of the molecule is Cc1ncsc1CCOc1cnccc1C(=N)N. The number of aryl methyl sites for hydroxylation is 1. The van der Waals surface area contributed by atoms with E-state index in [1.807, 2.05) is 12.4 Å². The van der Waals surface area contributed by atoms with Crippen molar-refractivity contribution < 1.29 is 4.74 Å². The number of aromatic nitrogens is 2. The van der Waals surface area contributed by atoms with E-state index in [1.54, 1.807) is 29.8 Å². The smallest absolute Gasteiger partial charge is 0.148 e. The van der Waals surface area contributed by atoms with Crippen molar-refractivity contribution in [2.45, 2.75) is 13.3 Å². The van der Waals surface area contributed by atoms with Gasteiger partial charge in [0.05, 0.1) is 29.6 Å². The Morgan fingerprint density at radius 1 is 1.56 bits per heavy atom. The Labute approximate surface area is 109 Å². The first-order valence-electron chi connectivity index (χ1n) is 5.48. The van der Waals surface area contributed by atoms with Gasteiger partial charge < -0.3 is 10.5 Å². The fourth-order valence-electron chi connectivity index (χ4n) is 1.54. The average molecular weight is 262 g/mol. The Hall–Kier alpha value is -1.95. The molecule has 94 valence electrons. The van der Waals surface area contributed by atoms with Crippen LogP contribution < -0.4 is 10.5 Å². The second-order valence-corrected chi connectivity index (χ2v) is 4.68. The van der Waals surface area contributed by atoms with Crippen molar-refractivity contribution in [3.8, 4) is 5.75 Å². The molecule has 0 saturated carbocycles. The summed E-state index contributed by atoms with van der Waals surface area (Å²) in [5.74, 6) is 0.536. The number of pyridine rings is 1. The van der Waals surface area contributed by atoms with Crippen LogP contribution in [0.1, 0.15) is 16.1 Å². The van der Waals surface area contributed by atoms with Gasteiger partial charge in [0.15, 0.2) is 0 Å². The first kappa shape index (κ1) is 12.5. The van der Waals surface area contributed by atoms with Crippen LogP contribution in [0.25, 0.3) is 0 Å². The third-order valence-electron chi connectivity index (χ3n) is 2.51. The third kappa shape index (κ3) is 2.84. The zero-order valence-electron chi connectivity index (χ0n) is 10.0. The molecule has 2 aromatic heterocycles. The molecule has 5 nitrogen and oxygen atoms in total. The number of nitrogens with zero attached hydrogens (tertiary/aromatic N) is 2. The molecule has 2 rings (SSSR count). The van der Waals surface area contributed by atoms with Crippen LogP contribution in [-0.4, -0.2) is 22.4 Å². The standard InChI is InChI=1S/C12H14N4OS/c1-8-11(18-7-16-8)3-5-17-10-6-15-4-2-9(10)12(13)14/h2,4,6-7H,3,5H2,1H3,(H3,13,14). The summed E-state index contributed by atoms with van der Waals surface area (Å²) in [5.41, 5.74) is 8.92. The molecule has 0 unspecified atom stereocenters. The van der Waals surface area contributed by atoms with Crippen molar-refractivity contribution in [3.05, 3.63) is 40.1 Å². The molecule has 0 aliphatic carbocycles. The Balaban J connectivity index is 1.99. The molecular weight excluding hydrogens is 248 g/mol. The maximum atomic E-state index is 7.45. The number of ether oxygens (including phenoxy) is 1. The van der Waals surface area contributed by atoms with E-state index in [0.29, 0.717) is 17.9 Å². The van der Waals surface area contributed by atoms with Crippen LogP contribution in [0.3, 0.4) is 0 Å². The van der Waals surface area contributed by atoms with Gasteiger partial charge in [0.25, 0.3) is 0 Å². The maximum absolute atomic E-state index is 7.45. The van der Waals surface area contributed by atoms with Crippen molar-refractivity contribution in [3.63, 3.8) is 0 Å².